The first-order chi connectivity index (χ1) is 23.2. The molecule has 0 bridgehead atoms. The summed E-state index contributed by atoms with van der Waals surface area (Å²) in [6, 6.07) is 29.7. The number of Topliss-reactive ketones (excluding diaryl/α,β-unsaturated/α-hetero) is 1. The summed E-state index contributed by atoms with van der Waals surface area (Å²) >= 11 is 16.9. The quantitative estimate of drug-likeness (QED) is 0.209. The van der Waals surface area contributed by atoms with E-state index in [0.29, 0.717) is 40.7 Å². The highest BCUT2D eigenvalue weighted by Crippen LogP contribution is 2.70. The van der Waals surface area contributed by atoms with Crippen molar-refractivity contribution in [2.45, 2.75) is 45.6 Å². The highest BCUT2D eigenvalue weighted by molar-refractivity contribution is 7.98. The van der Waals surface area contributed by atoms with E-state index in [-0.39, 0.29) is 17.6 Å². The average molecular weight is 715 g/mol. The number of thioether (sulfide) groups is 2. The molecule has 1 saturated carbocycles. The number of fused-ring (bicyclic) bond motifs is 3. The van der Waals surface area contributed by atoms with Crippen LogP contribution in [0.1, 0.15) is 46.9 Å². The lowest BCUT2D eigenvalue weighted by Crippen LogP contribution is -2.60. The molecule has 3 heterocycles. The molecular weight excluding hydrogens is 681 g/mol. The molecule has 48 heavy (non-hydrogen) atoms. The van der Waals surface area contributed by atoms with Crippen LogP contribution in [0.15, 0.2) is 106 Å². The standard InChI is InChI=1S/C38H33Cl2N3O3S2/c1-43-21-27(22-11-15-24(47-2)16-12-22)36(38(43)26-7-4-5-10-30(26)41-35(38)45)19-20-37(34(36)44)32(23-13-17-25(48-3)18-14-23)33(42-46-37)31-28(39)8-6-9-29(31)40/h4-18,27,32H,19-21H2,1-3H3,(H,41,45)/t27?,32?,36-,37-,38?/m1/s1. The molecule has 4 aromatic rings. The Morgan fingerprint density at radius 2 is 1.46 bits per heavy atom. The summed E-state index contributed by atoms with van der Waals surface area (Å²) in [5.74, 6) is -1.21. The van der Waals surface area contributed by atoms with Gasteiger partial charge in [0.15, 0.2) is 5.78 Å². The number of para-hydroxylation sites is 1. The number of anilines is 1. The summed E-state index contributed by atoms with van der Waals surface area (Å²) in [5, 5.41) is 8.72. The second kappa shape index (κ2) is 11.7. The minimum Gasteiger partial charge on any atom is -0.380 e. The van der Waals surface area contributed by atoms with E-state index in [1.165, 1.54) is 0 Å². The Morgan fingerprint density at radius 3 is 2.10 bits per heavy atom. The Morgan fingerprint density at radius 1 is 0.833 bits per heavy atom. The van der Waals surface area contributed by atoms with Gasteiger partial charge in [-0.2, -0.15) is 0 Å². The number of likely N-dealkylation sites (N-methyl/N-ethyl adjacent to an activating group) is 1. The Balaban J connectivity index is 1.36. The fraction of sp³-hybridized carbons (Fsp3) is 0.289. The summed E-state index contributed by atoms with van der Waals surface area (Å²) in [5.41, 5.74) is 0.697. The molecule has 0 radical (unpaired) electrons. The number of halogens is 2. The summed E-state index contributed by atoms with van der Waals surface area (Å²) in [6.07, 6.45) is 4.86. The molecule has 3 spiro atoms. The van der Waals surface area contributed by atoms with Gasteiger partial charge in [0.05, 0.1) is 21.4 Å². The minimum atomic E-state index is -1.40. The zero-order valence-corrected chi connectivity index (χ0v) is 29.8. The van der Waals surface area contributed by atoms with E-state index < -0.39 is 22.5 Å². The molecule has 3 unspecified atom stereocenters. The van der Waals surface area contributed by atoms with Gasteiger partial charge in [0.25, 0.3) is 5.91 Å². The third-order valence-electron chi connectivity index (χ3n) is 11.1. The van der Waals surface area contributed by atoms with Gasteiger partial charge in [-0.25, -0.2) is 0 Å². The van der Waals surface area contributed by atoms with Gasteiger partial charge in [-0.05, 0) is 86.0 Å². The van der Waals surface area contributed by atoms with Crippen LogP contribution < -0.4 is 5.32 Å². The highest BCUT2D eigenvalue weighted by Gasteiger charge is 2.80. The molecule has 3 aliphatic heterocycles. The van der Waals surface area contributed by atoms with Crippen molar-refractivity contribution in [3.05, 3.63) is 123 Å². The van der Waals surface area contributed by atoms with Gasteiger partial charge in [0.1, 0.15) is 11.3 Å². The predicted molar refractivity (Wildman–Crippen MR) is 195 cm³/mol. The second-order valence-corrected chi connectivity index (χ2v) is 15.6. The molecule has 4 aliphatic rings. The molecular formula is C38H33Cl2N3O3S2. The zero-order chi connectivity index (χ0) is 33.4. The van der Waals surface area contributed by atoms with Crippen molar-refractivity contribution in [3.63, 3.8) is 0 Å². The molecule has 8 rings (SSSR count). The number of benzene rings is 4. The first-order valence-corrected chi connectivity index (χ1v) is 19.1. The molecule has 1 N–H and O–H groups in total. The van der Waals surface area contributed by atoms with Crippen LogP contribution in [0.2, 0.25) is 10.0 Å². The number of carbonyl (C=O) groups is 2. The Hall–Kier alpha value is -3.27. The first kappa shape index (κ1) is 32.0. The Bertz CT molecular complexity index is 1990. The molecule has 2 fully saturated rings. The van der Waals surface area contributed by atoms with Crippen molar-refractivity contribution in [1.29, 1.82) is 0 Å². The van der Waals surface area contributed by atoms with E-state index >= 15 is 4.79 Å². The molecule has 6 nitrogen and oxygen atoms in total. The highest BCUT2D eigenvalue weighted by atomic mass is 35.5. The first-order valence-electron chi connectivity index (χ1n) is 15.9. The third kappa shape index (κ3) is 4.16. The number of rotatable bonds is 5. The number of hydrogen-bond donors (Lipinski definition) is 1. The summed E-state index contributed by atoms with van der Waals surface area (Å²) in [4.78, 5) is 41.6. The number of nitrogens with zero attached hydrogens (tertiary/aromatic N) is 2. The molecule has 1 saturated heterocycles. The summed E-state index contributed by atoms with van der Waals surface area (Å²) in [7, 11) is 1.97. The van der Waals surface area contributed by atoms with Crippen LogP contribution in [-0.4, -0.2) is 54.0 Å². The SMILES string of the molecule is CSc1ccc(C2C(c3c(Cl)cccc3Cl)=NO[C@]23CC[C@]2(C3=O)C(c3ccc(SC)cc3)CN(C)C23C(=O)Nc2ccccc23)cc1. The summed E-state index contributed by atoms with van der Waals surface area (Å²) in [6.45, 7) is 0.513. The Labute approximate surface area is 298 Å². The predicted octanol–water partition coefficient (Wildman–Crippen LogP) is 8.62. The van der Waals surface area contributed by atoms with Crippen LogP contribution in [-0.2, 0) is 20.0 Å². The van der Waals surface area contributed by atoms with E-state index in [9.17, 15) is 4.79 Å². The van der Waals surface area contributed by atoms with Gasteiger partial charge >= 0.3 is 0 Å². The molecule has 4 aromatic carbocycles. The normalized spacial score (nSPS) is 29.1. The molecule has 1 amide bonds. The number of oxime groups is 1. The van der Waals surface area contributed by atoms with Crippen molar-refractivity contribution >= 4 is 69.8 Å². The van der Waals surface area contributed by atoms with Gasteiger partial charge in [0, 0.05) is 39.1 Å². The van der Waals surface area contributed by atoms with E-state index in [0.717, 1.165) is 32.2 Å². The van der Waals surface area contributed by atoms with Crippen LogP contribution in [0.3, 0.4) is 0 Å². The lowest BCUT2D eigenvalue weighted by molar-refractivity contribution is -0.154. The number of amides is 1. The van der Waals surface area contributed by atoms with Gasteiger partial charge < -0.3 is 10.2 Å². The minimum absolute atomic E-state index is 0.119. The van der Waals surface area contributed by atoms with E-state index in [1.54, 1.807) is 41.7 Å². The van der Waals surface area contributed by atoms with Gasteiger partial charge in [-0.1, -0.05) is 76.9 Å². The van der Waals surface area contributed by atoms with Crippen LogP contribution >= 0.6 is 46.7 Å². The number of carbonyl (C=O) groups excluding carboxylic acids is 2. The van der Waals surface area contributed by atoms with E-state index in [1.807, 2.05) is 56.0 Å². The smallest absolute Gasteiger partial charge is 0.250 e. The van der Waals surface area contributed by atoms with E-state index in [2.05, 4.69) is 46.6 Å². The lowest BCUT2D eigenvalue weighted by atomic mass is 9.58. The zero-order valence-electron chi connectivity index (χ0n) is 26.6. The molecule has 10 heteroatoms. The number of likely N-dealkylation sites (tertiary alicyclic amines) is 1. The topological polar surface area (TPSA) is 71.0 Å². The van der Waals surface area contributed by atoms with Crippen molar-refractivity contribution in [2.75, 3.05) is 31.4 Å². The van der Waals surface area contributed by atoms with Crippen LogP contribution in [0.4, 0.5) is 5.69 Å². The third-order valence-corrected chi connectivity index (χ3v) is 13.2. The lowest BCUT2D eigenvalue weighted by Gasteiger charge is -2.44. The fourth-order valence-electron chi connectivity index (χ4n) is 9.09. The Kier molecular flexibility index (Phi) is 7.77. The number of ketones is 1. The second-order valence-electron chi connectivity index (χ2n) is 13.0. The van der Waals surface area contributed by atoms with Gasteiger partial charge in [0.2, 0.25) is 5.60 Å². The largest absolute Gasteiger partial charge is 0.380 e. The van der Waals surface area contributed by atoms with Crippen molar-refractivity contribution in [3.8, 4) is 0 Å². The van der Waals surface area contributed by atoms with Crippen molar-refractivity contribution < 1.29 is 14.4 Å². The molecule has 1 aliphatic carbocycles. The fourth-order valence-corrected chi connectivity index (χ4v) is 10.5. The maximum atomic E-state index is 16.1. The van der Waals surface area contributed by atoms with Crippen molar-refractivity contribution in [1.82, 2.24) is 4.90 Å². The van der Waals surface area contributed by atoms with Crippen molar-refractivity contribution in [2.24, 2.45) is 10.6 Å². The maximum Gasteiger partial charge on any atom is 0.250 e. The van der Waals surface area contributed by atoms with Gasteiger partial charge in [-0.3, -0.25) is 14.5 Å². The van der Waals surface area contributed by atoms with Gasteiger partial charge in [-0.15, -0.1) is 23.5 Å². The van der Waals surface area contributed by atoms with E-state index in [4.69, 9.17) is 33.2 Å². The number of nitrogens with one attached hydrogen (secondary N) is 1. The molecule has 244 valence electrons. The summed E-state index contributed by atoms with van der Waals surface area (Å²) < 4.78 is 0. The molecule has 5 atom stereocenters. The monoisotopic (exact) mass is 713 g/mol. The molecule has 0 aromatic heterocycles. The van der Waals surface area contributed by atoms with Crippen LogP contribution in [0.25, 0.3) is 0 Å². The number of hydrogen-bond acceptors (Lipinski definition) is 7. The maximum absolute atomic E-state index is 16.1. The average Bonchev–Trinajstić information content (AvgIpc) is 3.80. The van der Waals surface area contributed by atoms with Crippen LogP contribution in [0.5, 0.6) is 0 Å². The van der Waals surface area contributed by atoms with Crippen LogP contribution in [0, 0.1) is 5.41 Å².